The van der Waals surface area contributed by atoms with Gasteiger partial charge in [0.15, 0.2) is 6.10 Å². The Bertz CT molecular complexity index is 511. The van der Waals surface area contributed by atoms with Crippen molar-refractivity contribution >= 4 is 11.9 Å². The maximum Gasteiger partial charge on any atom is 0.325 e. The highest BCUT2D eigenvalue weighted by Gasteiger charge is 2.18. The molecule has 0 saturated heterocycles. The number of nitrogens with one attached hydrogen (secondary N) is 1. The molecule has 21 heavy (non-hydrogen) atoms. The van der Waals surface area contributed by atoms with Crippen LogP contribution in [0.1, 0.15) is 37.8 Å². The lowest BCUT2D eigenvalue weighted by molar-refractivity contribution is -0.141. The van der Waals surface area contributed by atoms with Crippen molar-refractivity contribution < 1.29 is 19.1 Å². The minimum Gasteiger partial charge on any atom is -0.481 e. The molecule has 0 bridgehead atoms. The van der Waals surface area contributed by atoms with Crippen LogP contribution < -0.4 is 10.1 Å². The average Bonchev–Trinajstić information content (AvgIpc) is 2.43. The number of methoxy groups -OCH3 is 1. The second kappa shape index (κ2) is 7.67. The summed E-state index contributed by atoms with van der Waals surface area (Å²) in [7, 11) is 1.27. The fraction of sp³-hybridized carbons (Fsp3) is 0.500. The number of carbonyl (C=O) groups excluding carboxylic acids is 2. The molecule has 0 heterocycles. The van der Waals surface area contributed by atoms with Crippen molar-refractivity contribution in [1.29, 1.82) is 0 Å². The first-order valence-corrected chi connectivity index (χ1v) is 6.96. The third kappa shape index (κ3) is 5.10. The van der Waals surface area contributed by atoms with E-state index in [4.69, 9.17) is 4.74 Å². The van der Waals surface area contributed by atoms with Crippen LogP contribution in [0, 0.1) is 6.92 Å². The summed E-state index contributed by atoms with van der Waals surface area (Å²) >= 11 is 0. The molecular formula is C16H23NO4. The van der Waals surface area contributed by atoms with Gasteiger partial charge in [0.25, 0.3) is 5.91 Å². The van der Waals surface area contributed by atoms with Crippen LogP contribution in [0.25, 0.3) is 0 Å². The molecule has 0 fully saturated rings. The smallest absolute Gasteiger partial charge is 0.325 e. The monoisotopic (exact) mass is 293 g/mol. The molecule has 0 unspecified atom stereocenters. The molecule has 1 amide bonds. The fourth-order valence-corrected chi connectivity index (χ4v) is 1.84. The van der Waals surface area contributed by atoms with E-state index in [1.807, 2.05) is 25.1 Å². The number of benzene rings is 1. The van der Waals surface area contributed by atoms with Gasteiger partial charge in [-0.15, -0.1) is 0 Å². The van der Waals surface area contributed by atoms with Crippen LogP contribution in [0.15, 0.2) is 18.2 Å². The predicted molar refractivity (Wildman–Crippen MR) is 80.4 cm³/mol. The van der Waals surface area contributed by atoms with Crippen LogP contribution in [-0.2, 0) is 14.3 Å². The van der Waals surface area contributed by atoms with Crippen molar-refractivity contribution in [3.05, 3.63) is 29.3 Å². The third-order valence-corrected chi connectivity index (χ3v) is 3.10. The summed E-state index contributed by atoms with van der Waals surface area (Å²) in [5, 5.41) is 2.48. The second-order valence-corrected chi connectivity index (χ2v) is 5.25. The number of carbonyl (C=O) groups is 2. The summed E-state index contributed by atoms with van der Waals surface area (Å²) in [5.41, 5.74) is 2.12. The van der Waals surface area contributed by atoms with Crippen molar-refractivity contribution in [2.24, 2.45) is 0 Å². The molecule has 1 aromatic rings. The van der Waals surface area contributed by atoms with E-state index in [2.05, 4.69) is 23.9 Å². The Balaban J connectivity index is 2.73. The van der Waals surface area contributed by atoms with Crippen molar-refractivity contribution in [1.82, 2.24) is 5.32 Å². The van der Waals surface area contributed by atoms with Gasteiger partial charge in [-0.1, -0.05) is 26.0 Å². The van der Waals surface area contributed by atoms with Crippen molar-refractivity contribution in [2.75, 3.05) is 13.7 Å². The van der Waals surface area contributed by atoms with Gasteiger partial charge in [-0.25, -0.2) is 0 Å². The highest BCUT2D eigenvalue weighted by molar-refractivity contribution is 5.84. The lowest BCUT2D eigenvalue weighted by Crippen LogP contribution is -2.39. The lowest BCUT2D eigenvalue weighted by Gasteiger charge is -2.19. The van der Waals surface area contributed by atoms with Gasteiger partial charge in [0, 0.05) is 0 Å². The first-order valence-electron chi connectivity index (χ1n) is 6.96. The normalized spacial score (nSPS) is 11.9. The third-order valence-electron chi connectivity index (χ3n) is 3.10. The molecule has 5 nitrogen and oxygen atoms in total. The Morgan fingerprint density at radius 3 is 2.48 bits per heavy atom. The topological polar surface area (TPSA) is 64.6 Å². The Morgan fingerprint density at radius 2 is 1.90 bits per heavy atom. The first-order chi connectivity index (χ1) is 9.85. The van der Waals surface area contributed by atoms with E-state index in [1.165, 1.54) is 7.11 Å². The number of rotatable bonds is 6. The quantitative estimate of drug-likeness (QED) is 0.816. The standard InChI is InChI=1S/C16H23NO4/c1-10(2)13-7-6-11(3)8-14(13)21-12(4)16(19)17-9-15(18)20-5/h6-8,10,12H,9H2,1-5H3,(H,17,19)/t12-/m0/s1. The maximum atomic E-state index is 11.9. The van der Waals surface area contributed by atoms with Gasteiger partial charge in [-0.2, -0.15) is 0 Å². The minimum atomic E-state index is -0.686. The molecule has 1 aromatic carbocycles. The second-order valence-electron chi connectivity index (χ2n) is 5.25. The van der Waals surface area contributed by atoms with Crippen molar-refractivity contribution in [3.63, 3.8) is 0 Å². The number of esters is 1. The number of ether oxygens (including phenoxy) is 2. The molecule has 1 atom stereocenters. The zero-order valence-corrected chi connectivity index (χ0v) is 13.2. The Labute approximate surface area is 125 Å². The van der Waals surface area contributed by atoms with Crippen LogP contribution in [0.5, 0.6) is 5.75 Å². The summed E-state index contributed by atoms with van der Waals surface area (Å²) in [6.45, 7) is 7.60. The van der Waals surface area contributed by atoms with E-state index in [9.17, 15) is 9.59 Å². The zero-order valence-electron chi connectivity index (χ0n) is 13.2. The highest BCUT2D eigenvalue weighted by Crippen LogP contribution is 2.28. The summed E-state index contributed by atoms with van der Waals surface area (Å²) in [4.78, 5) is 22.9. The van der Waals surface area contributed by atoms with E-state index in [0.29, 0.717) is 11.7 Å². The molecule has 0 aromatic heterocycles. The number of amides is 1. The molecule has 1 N–H and O–H groups in total. The van der Waals surface area contributed by atoms with E-state index in [-0.39, 0.29) is 12.5 Å². The number of hydrogen-bond donors (Lipinski definition) is 1. The maximum absolute atomic E-state index is 11.9. The molecule has 0 aliphatic heterocycles. The Morgan fingerprint density at radius 1 is 1.24 bits per heavy atom. The van der Waals surface area contributed by atoms with Crippen LogP contribution in [0.3, 0.4) is 0 Å². The van der Waals surface area contributed by atoms with E-state index in [0.717, 1.165) is 11.1 Å². The SMILES string of the molecule is COC(=O)CNC(=O)[C@H](C)Oc1cc(C)ccc1C(C)C. The first kappa shape index (κ1) is 17.0. The van der Waals surface area contributed by atoms with Crippen LogP contribution in [0.4, 0.5) is 0 Å². The van der Waals surface area contributed by atoms with E-state index < -0.39 is 12.1 Å². The molecule has 0 radical (unpaired) electrons. The van der Waals surface area contributed by atoms with Gasteiger partial charge >= 0.3 is 5.97 Å². The molecule has 116 valence electrons. The van der Waals surface area contributed by atoms with Crippen molar-refractivity contribution in [2.45, 2.75) is 39.7 Å². The average molecular weight is 293 g/mol. The Hall–Kier alpha value is -2.04. The summed E-state index contributed by atoms with van der Waals surface area (Å²) in [5.74, 6) is 0.155. The fourth-order valence-electron chi connectivity index (χ4n) is 1.84. The summed E-state index contributed by atoms with van der Waals surface area (Å²) < 4.78 is 10.2. The molecule has 0 aliphatic carbocycles. The molecular weight excluding hydrogens is 270 g/mol. The van der Waals surface area contributed by atoms with Crippen LogP contribution in [0.2, 0.25) is 0 Å². The zero-order chi connectivity index (χ0) is 16.0. The van der Waals surface area contributed by atoms with Crippen molar-refractivity contribution in [3.8, 4) is 5.75 Å². The molecule has 0 saturated carbocycles. The van der Waals surface area contributed by atoms with Gasteiger partial charge in [-0.05, 0) is 37.0 Å². The van der Waals surface area contributed by atoms with Gasteiger partial charge in [-0.3, -0.25) is 9.59 Å². The molecule has 0 spiro atoms. The largest absolute Gasteiger partial charge is 0.481 e. The molecule has 0 aliphatic rings. The summed E-state index contributed by atoms with van der Waals surface area (Å²) in [6, 6.07) is 5.94. The van der Waals surface area contributed by atoms with E-state index in [1.54, 1.807) is 6.92 Å². The van der Waals surface area contributed by atoms with Gasteiger partial charge in [0.05, 0.1) is 7.11 Å². The van der Waals surface area contributed by atoms with Gasteiger partial charge in [0.1, 0.15) is 12.3 Å². The van der Waals surface area contributed by atoms with Gasteiger partial charge < -0.3 is 14.8 Å². The lowest BCUT2D eigenvalue weighted by atomic mass is 10.0. The Kier molecular flexibility index (Phi) is 6.21. The number of hydrogen-bond acceptors (Lipinski definition) is 4. The van der Waals surface area contributed by atoms with Crippen LogP contribution >= 0.6 is 0 Å². The molecule has 1 rings (SSSR count). The van der Waals surface area contributed by atoms with E-state index >= 15 is 0 Å². The van der Waals surface area contributed by atoms with Gasteiger partial charge in [0.2, 0.25) is 0 Å². The highest BCUT2D eigenvalue weighted by atomic mass is 16.5. The molecule has 5 heteroatoms. The predicted octanol–water partition coefficient (Wildman–Crippen LogP) is 2.17. The van der Waals surface area contributed by atoms with Crippen LogP contribution in [-0.4, -0.2) is 31.6 Å². The number of aryl methyl sites for hydroxylation is 1. The summed E-state index contributed by atoms with van der Waals surface area (Å²) in [6.07, 6.45) is -0.686. The minimum absolute atomic E-state index is 0.159.